The van der Waals surface area contributed by atoms with Gasteiger partial charge in [0.1, 0.15) is 6.04 Å². The highest BCUT2D eigenvalue weighted by Gasteiger charge is 2.41. The van der Waals surface area contributed by atoms with Crippen molar-refractivity contribution in [2.45, 2.75) is 77.1 Å². The predicted octanol–water partition coefficient (Wildman–Crippen LogP) is 4.29. The maximum Gasteiger partial charge on any atom is 0.321 e. The number of aromatic nitrogens is 1. The van der Waals surface area contributed by atoms with Crippen LogP contribution in [0.25, 0.3) is 0 Å². The monoisotopic (exact) mass is 706 g/mol. The summed E-state index contributed by atoms with van der Waals surface area (Å²) in [6.07, 6.45) is 2.55. The van der Waals surface area contributed by atoms with E-state index in [1.165, 1.54) is 34.8 Å². The lowest BCUT2D eigenvalue weighted by Crippen LogP contribution is -2.57. The normalized spacial score (nSPS) is 16.3. The summed E-state index contributed by atoms with van der Waals surface area (Å²) in [6, 6.07) is 17.2. The molecule has 3 N–H and O–H groups in total. The van der Waals surface area contributed by atoms with Gasteiger partial charge in [-0.1, -0.05) is 87.8 Å². The molecular weight excluding hydrogens is 657 g/mol. The van der Waals surface area contributed by atoms with E-state index in [1.54, 1.807) is 16.0 Å². The lowest BCUT2D eigenvalue weighted by atomic mass is 9.95. The molecule has 1 aromatic heterocycles. The molecule has 0 spiro atoms. The van der Waals surface area contributed by atoms with Gasteiger partial charge in [0.05, 0.1) is 23.3 Å². The van der Waals surface area contributed by atoms with Gasteiger partial charge >= 0.3 is 6.03 Å². The first-order valence-corrected chi connectivity index (χ1v) is 18.5. The second-order valence-electron chi connectivity index (χ2n) is 13.4. The van der Waals surface area contributed by atoms with Gasteiger partial charge in [-0.05, 0) is 60.1 Å². The number of rotatable bonds is 17. The van der Waals surface area contributed by atoms with Crippen molar-refractivity contribution in [1.82, 2.24) is 24.4 Å². The first kappa shape index (κ1) is 38.5. The molecule has 4 rings (SSSR count). The molecule has 0 radical (unpaired) electrons. The van der Waals surface area contributed by atoms with Gasteiger partial charge in [0.25, 0.3) is 0 Å². The Balaban J connectivity index is 1.59. The van der Waals surface area contributed by atoms with Crippen LogP contribution in [0.2, 0.25) is 0 Å². The molecule has 12 nitrogen and oxygen atoms in total. The Kier molecular flexibility index (Phi) is 13.5. The van der Waals surface area contributed by atoms with Crippen molar-refractivity contribution in [3.8, 4) is 0 Å². The van der Waals surface area contributed by atoms with Gasteiger partial charge in [0.15, 0.2) is 0 Å². The number of carbonyl (C=O) groups is 2. The van der Waals surface area contributed by atoms with E-state index in [0.717, 1.165) is 16.8 Å². The molecule has 0 aliphatic carbocycles. The van der Waals surface area contributed by atoms with Crippen LogP contribution in [0, 0.1) is 18.8 Å². The van der Waals surface area contributed by atoms with Gasteiger partial charge in [-0.3, -0.25) is 9.78 Å². The quantitative estimate of drug-likeness (QED) is 0.108. The maximum atomic E-state index is 14.2. The van der Waals surface area contributed by atoms with Crippen LogP contribution in [0.1, 0.15) is 56.5 Å². The van der Waals surface area contributed by atoms with E-state index >= 15 is 0 Å². The number of urea groups is 1. The Morgan fingerprint density at radius 1 is 1.02 bits per heavy atom. The van der Waals surface area contributed by atoms with Gasteiger partial charge in [-0.2, -0.15) is 4.31 Å². The van der Waals surface area contributed by atoms with E-state index < -0.39 is 34.1 Å². The molecule has 4 atom stereocenters. The van der Waals surface area contributed by atoms with Gasteiger partial charge < -0.3 is 25.4 Å². The molecule has 0 bridgehead atoms. The predicted molar refractivity (Wildman–Crippen MR) is 192 cm³/mol. The van der Waals surface area contributed by atoms with Crippen LogP contribution in [0.3, 0.4) is 0 Å². The van der Waals surface area contributed by atoms with Gasteiger partial charge in [0.2, 0.25) is 15.9 Å². The van der Waals surface area contributed by atoms with Crippen molar-refractivity contribution in [1.29, 1.82) is 0 Å². The number of sulfonamides is 1. The molecular formula is C37H50N6O6S. The topological polar surface area (TPSA) is 156 Å². The number of amides is 3. The molecule has 1 saturated heterocycles. The second kappa shape index (κ2) is 17.6. The third-order valence-electron chi connectivity index (χ3n) is 9.04. The average Bonchev–Trinajstić information content (AvgIpc) is 3.44. The number of oxime groups is 1. The number of pyridine rings is 1. The minimum Gasteiger partial charge on any atom is -0.411 e. The summed E-state index contributed by atoms with van der Waals surface area (Å²) >= 11 is 0. The first-order chi connectivity index (χ1) is 23.8. The highest BCUT2D eigenvalue weighted by molar-refractivity contribution is 7.89. The highest BCUT2D eigenvalue weighted by Crippen LogP contribution is 2.24. The van der Waals surface area contributed by atoms with Crippen LogP contribution in [-0.4, -0.2) is 100 Å². The van der Waals surface area contributed by atoms with Crippen molar-refractivity contribution in [2.24, 2.45) is 17.0 Å². The van der Waals surface area contributed by atoms with Crippen LogP contribution >= 0.6 is 0 Å². The Morgan fingerprint density at radius 2 is 1.72 bits per heavy atom. The van der Waals surface area contributed by atoms with Gasteiger partial charge in [-0.25, -0.2) is 13.2 Å². The molecule has 1 fully saturated rings. The van der Waals surface area contributed by atoms with Crippen molar-refractivity contribution >= 4 is 28.2 Å². The Morgan fingerprint density at radius 3 is 2.32 bits per heavy atom. The van der Waals surface area contributed by atoms with Crippen molar-refractivity contribution in [3.63, 3.8) is 0 Å². The number of hydrogen-bond acceptors (Lipinski definition) is 8. The van der Waals surface area contributed by atoms with Gasteiger partial charge in [-0.15, -0.1) is 0 Å². The molecule has 50 heavy (non-hydrogen) atoms. The lowest BCUT2D eigenvalue weighted by molar-refractivity contribution is -0.128. The third-order valence-corrected chi connectivity index (χ3v) is 10.9. The zero-order valence-electron chi connectivity index (χ0n) is 29.5. The van der Waals surface area contributed by atoms with E-state index in [2.05, 4.69) is 15.5 Å². The minimum absolute atomic E-state index is 0.0273. The molecule has 0 unspecified atom stereocenters. The fraction of sp³-hybridized carbons (Fsp3) is 0.459. The minimum atomic E-state index is -4.06. The average molecular weight is 707 g/mol. The zero-order chi connectivity index (χ0) is 36.4. The standard InChI is InChI=1S/C37H50N6O6S/c1-6-27(4)35(43-19-18-41(37(43)46)24-31-13-12-28(5)38-21-31)36(45)40-33(20-29-10-8-7-9-11-29)34(44)25-42(23-26(2)3)50(48,49)32-16-14-30(15-17-32)22-39-47/h7-17,21-22,26-27,33-35,44,47H,6,18-20,23-25H2,1-5H3,(H,40,45)/t27-,33-,34-,35-/m0/s1. The Hall–Kier alpha value is -4.33. The summed E-state index contributed by atoms with van der Waals surface area (Å²) < 4.78 is 29.0. The van der Waals surface area contributed by atoms with Crippen LogP contribution in [-0.2, 0) is 27.8 Å². The lowest BCUT2D eigenvalue weighted by Gasteiger charge is -2.35. The van der Waals surface area contributed by atoms with Crippen LogP contribution in [0.5, 0.6) is 0 Å². The fourth-order valence-electron chi connectivity index (χ4n) is 6.12. The SMILES string of the molecule is CC[C@H](C)[C@@H](C(=O)N[C@@H](Cc1ccccc1)[C@@H](O)CN(CC(C)C)S(=O)(=O)c1ccc(C=NO)cc1)N1CCN(Cc2ccc(C)nc2)C1=O. The molecule has 2 aromatic carbocycles. The molecule has 13 heteroatoms. The second-order valence-corrected chi connectivity index (χ2v) is 15.4. The zero-order valence-corrected chi connectivity index (χ0v) is 30.3. The highest BCUT2D eigenvalue weighted by atomic mass is 32.2. The number of aliphatic hydroxyl groups is 1. The third kappa shape index (κ3) is 9.89. The summed E-state index contributed by atoms with van der Waals surface area (Å²) in [5.74, 6) is -0.647. The molecule has 0 saturated carbocycles. The van der Waals surface area contributed by atoms with E-state index in [0.29, 0.717) is 31.6 Å². The number of nitrogens with zero attached hydrogens (tertiary/aromatic N) is 5. The fourth-order valence-corrected chi connectivity index (χ4v) is 7.75. The molecule has 3 aromatic rings. The van der Waals surface area contributed by atoms with Crippen LogP contribution < -0.4 is 5.32 Å². The number of benzene rings is 2. The Labute approximate surface area is 295 Å². The van der Waals surface area contributed by atoms with Crippen molar-refractivity contribution in [3.05, 3.63) is 95.3 Å². The summed E-state index contributed by atoms with van der Waals surface area (Å²) in [6.45, 7) is 10.7. The van der Waals surface area contributed by atoms with E-state index in [9.17, 15) is 23.1 Å². The Bertz CT molecular complexity index is 1690. The number of nitrogens with one attached hydrogen (secondary N) is 1. The number of aliphatic hydroxyl groups excluding tert-OH is 1. The maximum absolute atomic E-state index is 14.2. The van der Waals surface area contributed by atoms with E-state index in [-0.39, 0.29) is 42.3 Å². The number of hydrogen-bond donors (Lipinski definition) is 3. The molecule has 270 valence electrons. The van der Waals surface area contributed by atoms with Gasteiger partial charge in [0, 0.05) is 44.6 Å². The van der Waals surface area contributed by atoms with Crippen LogP contribution in [0.15, 0.2) is 83.0 Å². The number of carbonyl (C=O) groups excluding carboxylic acids is 2. The smallest absolute Gasteiger partial charge is 0.321 e. The van der Waals surface area contributed by atoms with Crippen molar-refractivity contribution < 1.29 is 28.3 Å². The molecule has 2 heterocycles. The summed E-state index contributed by atoms with van der Waals surface area (Å²) in [5.41, 5.74) is 3.16. The van der Waals surface area contributed by atoms with E-state index in [1.807, 2.05) is 77.1 Å². The number of aryl methyl sites for hydroxylation is 1. The first-order valence-electron chi connectivity index (χ1n) is 17.1. The largest absolute Gasteiger partial charge is 0.411 e. The molecule has 1 aliphatic heterocycles. The molecule has 3 amide bonds. The van der Waals surface area contributed by atoms with E-state index in [4.69, 9.17) is 5.21 Å². The van der Waals surface area contributed by atoms with Crippen molar-refractivity contribution in [2.75, 3.05) is 26.2 Å². The summed E-state index contributed by atoms with van der Waals surface area (Å²) in [7, 11) is -4.06. The molecule has 1 aliphatic rings. The van der Waals surface area contributed by atoms with Crippen LogP contribution in [0.4, 0.5) is 4.79 Å². The summed E-state index contributed by atoms with van der Waals surface area (Å²) in [5, 5.41) is 26.7. The summed E-state index contributed by atoms with van der Waals surface area (Å²) in [4.78, 5) is 35.6.